The summed E-state index contributed by atoms with van der Waals surface area (Å²) >= 11 is 0. The molecule has 0 aliphatic carbocycles. The molecule has 1 saturated heterocycles. The van der Waals surface area contributed by atoms with Crippen molar-refractivity contribution in [3.05, 3.63) is 94.5 Å². The fraction of sp³-hybridized carbons (Fsp3) is 0.321. The average Bonchev–Trinajstić information content (AvgIpc) is 2.84. The Morgan fingerprint density at radius 1 is 1.00 bits per heavy atom. The predicted molar refractivity (Wildman–Crippen MR) is 126 cm³/mol. The maximum Gasteiger partial charge on any atom is 0.416 e. The zero-order valence-corrected chi connectivity index (χ0v) is 19.1. The van der Waals surface area contributed by atoms with Gasteiger partial charge in [-0.05, 0) is 91.0 Å². The van der Waals surface area contributed by atoms with E-state index in [0.29, 0.717) is 28.9 Å². The fourth-order valence-corrected chi connectivity index (χ4v) is 4.73. The van der Waals surface area contributed by atoms with Gasteiger partial charge in [0, 0.05) is 5.41 Å². The molecule has 0 radical (unpaired) electrons. The van der Waals surface area contributed by atoms with E-state index in [1.807, 2.05) is 18.2 Å². The third-order valence-electron chi connectivity index (χ3n) is 6.58. The third kappa shape index (κ3) is 5.32. The van der Waals surface area contributed by atoms with Crippen molar-refractivity contribution in [2.45, 2.75) is 38.0 Å². The molecule has 0 aromatic heterocycles. The van der Waals surface area contributed by atoms with E-state index in [1.165, 1.54) is 11.6 Å². The van der Waals surface area contributed by atoms with Crippen LogP contribution in [0.1, 0.15) is 40.7 Å². The second kappa shape index (κ2) is 10.0. The Hall–Kier alpha value is -3.14. The lowest BCUT2D eigenvalue weighted by Gasteiger charge is -2.38. The summed E-state index contributed by atoms with van der Waals surface area (Å²) in [5, 5.41) is 12.5. The summed E-state index contributed by atoms with van der Waals surface area (Å²) in [7, 11) is 0. The normalized spacial score (nSPS) is 15.6. The molecule has 0 spiro atoms. The molecule has 0 unspecified atom stereocenters. The van der Waals surface area contributed by atoms with Gasteiger partial charge >= 0.3 is 6.18 Å². The Kier molecular flexibility index (Phi) is 7.06. The lowest BCUT2D eigenvalue weighted by molar-refractivity contribution is -0.137. The smallest absolute Gasteiger partial charge is 0.376 e. The first-order valence-electron chi connectivity index (χ1n) is 11.4. The first-order valence-corrected chi connectivity index (χ1v) is 11.4. The van der Waals surface area contributed by atoms with Gasteiger partial charge in [-0.25, -0.2) is 0 Å². The van der Waals surface area contributed by atoms with Gasteiger partial charge in [-0.15, -0.1) is 0 Å². The Morgan fingerprint density at radius 3 is 2.38 bits per heavy atom. The summed E-state index contributed by atoms with van der Waals surface area (Å²) in [6, 6.07) is 21.4. The van der Waals surface area contributed by atoms with Gasteiger partial charge in [-0.1, -0.05) is 36.4 Å². The average molecular weight is 465 g/mol. The van der Waals surface area contributed by atoms with Gasteiger partial charge in [0.1, 0.15) is 0 Å². The molecule has 0 amide bonds. The molecule has 0 atom stereocenters. The number of nitrogens with zero attached hydrogens (tertiary/aromatic N) is 1. The van der Waals surface area contributed by atoms with Crippen LogP contribution >= 0.6 is 0 Å². The number of alkyl halides is 3. The van der Waals surface area contributed by atoms with Gasteiger partial charge in [0.15, 0.2) is 0 Å². The molecule has 0 saturated carbocycles. The summed E-state index contributed by atoms with van der Waals surface area (Å²) in [5.41, 5.74) is 3.20. The van der Waals surface area contributed by atoms with Crippen LogP contribution in [0.2, 0.25) is 0 Å². The van der Waals surface area contributed by atoms with Crippen LogP contribution in [0.4, 0.5) is 13.2 Å². The van der Waals surface area contributed by atoms with Crippen LogP contribution in [0, 0.1) is 18.3 Å². The van der Waals surface area contributed by atoms with Crippen LogP contribution < -0.4 is 5.32 Å². The van der Waals surface area contributed by atoms with Gasteiger partial charge < -0.3 is 10.1 Å². The highest BCUT2D eigenvalue weighted by Gasteiger charge is 2.34. The molecule has 3 nitrogen and oxygen atoms in total. The van der Waals surface area contributed by atoms with Gasteiger partial charge in [0.25, 0.3) is 0 Å². The van der Waals surface area contributed by atoms with E-state index < -0.39 is 11.7 Å². The van der Waals surface area contributed by atoms with Crippen LogP contribution in [0.15, 0.2) is 66.7 Å². The number of halogens is 3. The Labute approximate surface area is 198 Å². The van der Waals surface area contributed by atoms with Crippen molar-refractivity contribution in [3.8, 4) is 17.2 Å². The molecule has 1 heterocycles. The molecule has 176 valence electrons. The summed E-state index contributed by atoms with van der Waals surface area (Å²) in [6.07, 6.45) is -2.64. The number of nitriles is 1. The minimum absolute atomic E-state index is 0.0915. The molecule has 1 fully saturated rings. The molecule has 1 N–H and O–H groups in total. The van der Waals surface area contributed by atoms with E-state index in [4.69, 9.17) is 10.00 Å². The second-order valence-electron chi connectivity index (χ2n) is 8.95. The molecule has 1 aliphatic rings. The SMILES string of the molecule is Cc1cc(C#N)ccc1-c1cc(COCC2(c3ccccc3)CCNCC2)cc(C(F)(F)F)c1. The highest BCUT2D eigenvalue weighted by molar-refractivity contribution is 5.69. The molecule has 3 aromatic carbocycles. The Bertz CT molecular complexity index is 1180. The summed E-state index contributed by atoms with van der Waals surface area (Å²) < 4.78 is 47.2. The maximum absolute atomic E-state index is 13.7. The minimum atomic E-state index is -4.47. The molecule has 34 heavy (non-hydrogen) atoms. The molecule has 0 bridgehead atoms. The van der Waals surface area contributed by atoms with Gasteiger partial charge in [0.2, 0.25) is 0 Å². The Morgan fingerprint density at radius 2 is 1.74 bits per heavy atom. The number of nitrogens with one attached hydrogen (secondary N) is 1. The first-order chi connectivity index (χ1) is 16.3. The molecule has 4 rings (SSSR count). The van der Waals surface area contributed by atoms with Crippen molar-refractivity contribution in [3.63, 3.8) is 0 Å². The quantitative estimate of drug-likeness (QED) is 0.460. The number of benzene rings is 3. The van der Waals surface area contributed by atoms with Crippen molar-refractivity contribution in [1.29, 1.82) is 5.26 Å². The number of piperidine rings is 1. The fourth-order valence-electron chi connectivity index (χ4n) is 4.73. The van der Waals surface area contributed by atoms with Crippen molar-refractivity contribution >= 4 is 0 Å². The number of aryl methyl sites for hydroxylation is 1. The molecule has 1 aliphatic heterocycles. The van der Waals surface area contributed by atoms with Crippen LogP contribution in [-0.4, -0.2) is 19.7 Å². The number of hydrogen-bond donors (Lipinski definition) is 1. The zero-order chi connectivity index (χ0) is 24.2. The largest absolute Gasteiger partial charge is 0.416 e. The van der Waals surface area contributed by atoms with Crippen molar-refractivity contribution < 1.29 is 17.9 Å². The highest BCUT2D eigenvalue weighted by atomic mass is 19.4. The lowest BCUT2D eigenvalue weighted by Crippen LogP contribution is -2.43. The summed E-state index contributed by atoms with van der Waals surface area (Å²) in [6.45, 7) is 4.09. The molecular weight excluding hydrogens is 437 g/mol. The van der Waals surface area contributed by atoms with Crippen LogP contribution in [0.25, 0.3) is 11.1 Å². The monoisotopic (exact) mass is 464 g/mol. The van der Waals surface area contributed by atoms with Crippen LogP contribution in [0.3, 0.4) is 0 Å². The lowest BCUT2D eigenvalue weighted by atomic mass is 9.74. The summed E-state index contributed by atoms with van der Waals surface area (Å²) in [5.74, 6) is 0. The molecular formula is C28H27F3N2O. The predicted octanol–water partition coefficient (Wildman–Crippen LogP) is 6.39. The van der Waals surface area contributed by atoms with Crippen molar-refractivity contribution in [2.24, 2.45) is 0 Å². The molecule has 3 aromatic rings. The van der Waals surface area contributed by atoms with E-state index in [-0.39, 0.29) is 12.0 Å². The van der Waals surface area contributed by atoms with Crippen LogP contribution in [-0.2, 0) is 22.9 Å². The number of rotatable bonds is 6. The minimum Gasteiger partial charge on any atom is -0.376 e. The van der Waals surface area contributed by atoms with Crippen molar-refractivity contribution in [1.82, 2.24) is 5.32 Å². The zero-order valence-electron chi connectivity index (χ0n) is 19.1. The summed E-state index contributed by atoms with van der Waals surface area (Å²) in [4.78, 5) is 0. The van der Waals surface area contributed by atoms with E-state index in [2.05, 4.69) is 23.5 Å². The highest BCUT2D eigenvalue weighted by Crippen LogP contribution is 2.36. The molecule has 6 heteroatoms. The van der Waals surface area contributed by atoms with Gasteiger partial charge in [0.05, 0.1) is 30.4 Å². The first kappa shape index (κ1) is 24.0. The standard InChI is InChI=1S/C28H27F3N2O/c1-20-13-21(17-32)7-8-26(20)23-14-22(15-25(16-23)28(29,30)31)18-34-19-27(9-11-33-12-10-27)24-5-3-2-4-6-24/h2-8,13-16,33H,9-12,18-19H2,1H3. The Balaban J connectivity index is 1.60. The number of ether oxygens (including phenoxy) is 1. The van der Waals surface area contributed by atoms with Gasteiger partial charge in [-0.2, -0.15) is 18.4 Å². The van der Waals surface area contributed by atoms with Gasteiger partial charge in [-0.3, -0.25) is 0 Å². The van der Waals surface area contributed by atoms with E-state index in [0.717, 1.165) is 37.6 Å². The van der Waals surface area contributed by atoms with Crippen molar-refractivity contribution in [2.75, 3.05) is 19.7 Å². The topological polar surface area (TPSA) is 45.0 Å². The van der Waals surface area contributed by atoms with Crippen LogP contribution in [0.5, 0.6) is 0 Å². The van der Waals surface area contributed by atoms with E-state index >= 15 is 0 Å². The second-order valence-corrected chi connectivity index (χ2v) is 8.95. The van der Waals surface area contributed by atoms with E-state index in [9.17, 15) is 13.2 Å². The van der Waals surface area contributed by atoms with E-state index in [1.54, 1.807) is 31.2 Å². The number of hydrogen-bond acceptors (Lipinski definition) is 3. The maximum atomic E-state index is 13.7. The third-order valence-corrected chi connectivity index (χ3v) is 6.58.